The van der Waals surface area contributed by atoms with E-state index in [1.165, 1.54) is 6.08 Å². The number of pyridine rings is 1. The Kier molecular flexibility index (Phi) is 6.51. The lowest BCUT2D eigenvalue weighted by atomic mass is 10.2. The fraction of sp³-hybridized carbons (Fsp3) is 0.167. The lowest BCUT2D eigenvalue weighted by molar-refractivity contribution is -0.117. The van der Waals surface area contributed by atoms with Gasteiger partial charge in [-0.3, -0.25) is 14.6 Å². The Labute approximate surface area is 145 Å². The van der Waals surface area contributed by atoms with E-state index >= 15 is 0 Å². The molecule has 0 radical (unpaired) electrons. The Morgan fingerprint density at radius 3 is 2.79 bits per heavy atom. The van der Waals surface area contributed by atoms with Crippen molar-refractivity contribution in [2.24, 2.45) is 0 Å². The zero-order chi connectivity index (χ0) is 17.4. The lowest BCUT2D eigenvalue weighted by Gasteiger charge is -2.09. The number of nitrogens with one attached hydrogen (secondary N) is 2. The van der Waals surface area contributed by atoms with Crippen molar-refractivity contribution >= 4 is 35.2 Å². The number of rotatable bonds is 6. The molecule has 24 heavy (non-hydrogen) atoms. The largest absolute Gasteiger partial charge is 0.352 e. The van der Waals surface area contributed by atoms with Gasteiger partial charge in [-0.05, 0) is 42.8 Å². The molecule has 0 saturated heterocycles. The molecular formula is C18H18ClN3O2. The Bertz CT molecular complexity index is 745. The van der Waals surface area contributed by atoms with Crippen LogP contribution in [0.25, 0.3) is 6.08 Å². The Balaban J connectivity index is 1.75. The maximum atomic E-state index is 11.9. The van der Waals surface area contributed by atoms with Gasteiger partial charge >= 0.3 is 0 Å². The molecule has 1 aromatic carbocycles. The average Bonchev–Trinajstić information content (AvgIpc) is 2.58. The first-order valence-electron chi connectivity index (χ1n) is 7.48. The van der Waals surface area contributed by atoms with Crippen molar-refractivity contribution in [1.29, 1.82) is 0 Å². The van der Waals surface area contributed by atoms with Gasteiger partial charge in [0.05, 0.1) is 5.69 Å². The molecule has 2 rings (SSSR count). The maximum absolute atomic E-state index is 11.9. The number of anilines is 1. The molecule has 124 valence electrons. The minimum Gasteiger partial charge on any atom is -0.352 e. The summed E-state index contributed by atoms with van der Waals surface area (Å²) in [5.41, 5.74) is 2.19. The molecule has 2 N–H and O–H groups in total. The van der Waals surface area contributed by atoms with Crippen LogP contribution < -0.4 is 10.6 Å². The molecule has 0 atom stereocenters. The SMILES string of the molecule is Cc1c(Cl)cccc1NC(=O)CCNC(=O)/C=C\c1ccccn1. The van der Waals surface area contributed by atoms with E-state index in [-0.39, 0.29) is 24.8 Å². The fourth-order valence-electron chi connectivity index (χ4n) is 1.95. The first kappa shape index (κ1) is 17.7. The van der Waals surface area contributed by atoms with Crippen LogP contribution in [0.2, 0.25) is 5.02 Å². The summed E-state index contributed by atoms with van der Waals surface area (Å²) in [6, 6.07) is 10.8. The molecule has 0 aliphatic rings. The molecule has 0 spiro atoms. The standard InChI is InChI=1S/C18H18ClN3O2/c1-13-15(19)6-4-7-16(13)22-18(24)10-12-21-17(23)9-8-14-5-2-3-11-20-14/h2-9,11H,10,12H2,1H3,(H,21,23)(H,22,24)/b9-8-. The first-order valence-corrected chi connectivity index (χ1v) is 7.86. The highest BCUT2D eigenvalue weighted by Crippen LogP contribution is 2.22. The zero-order valence-corrected chi connectivity index (χ0v) is 14.0. The summed E-state index contributed by atoms with van der Waals surface area (Å²) < 4.78 is 0. The summed E-state index contributed by atoms with van der Waals surface area (Å²) >= 11 is 6.01. The second-order valence-corrected chi connectivity index (χ2v) is 5.50. The lowest BCUT2D eigenvalue weighted by Crippen LogP contribution is -2.26. The second kappa shape index (κ2) is 8.84. The zero-order valence-electron chi connectivity index (χ0n) is 13.3. The second-order valence-electron chi connectivity index (χ2n) is 5.09. The van der Waals surface area contributed by atoms with Crippen LogP contribution in [-0.4, -0.2) is 23.3 Å². The summed E-state index contributed by atoms with van der Waals surface area (Å²) in [5, 5.41) is 6.03. The van der Waals surface area contributed by atoms with Crippen molar-refractivity contribution in [3.05, 3.63) is 65.0 Å². The third kappa shape index (κ3) is 5.52. The molecular weight excluding hydrogens is 326 g/mol. The van der Waals surface area contributed by atoms with Gasteiger partial charge in [-0.15, -0.1) is 0 Å². The van der Waals surface area contributed by atoms with Crippen LogP contribution in [0.3, 0.4) is 0 Å². The third-order valence-corrected chi connectivity index (χ3v) is 3.70. The predicted octanol–water partition coefficient (Wildman–Crippen LogP) is 3.20. The number of aromatic nitrogens is 1. The predicted molar refractivity (Wildman–Crippen MR) is 95.7 cm³/mol. The summed E-state index contributed by atoms with van der Waals surface area (Å²) in [7, 11) is 0. The summed E-state index contributed by atoms with van der Waals surface area (Å²) in [5.74, 6) is -0.457. The van der Waals surface area contributed by atoms with Gasteiger partial charge in [0.25, 0.3) is 0 Å². The molecule has 0 fully saturated rings. The van der Waals surface area contributed by atoms with E-state index in [9.17, 15) is 9.59 Å². The molecule has 0 bridgehead atoms. The number of amides is 2. The van der Waals surface area contributed by atoms with Crippen LogP contribution in [0.5, 0.6) is 0 Å². The Morgan fingerprint density at radius 1 is 1.21 bits per heavy atom. The number of halogens is 1. The van der Waals surface area contributed by atoms with Crippen molar-refractivity contribution < 1.29 is 9.59 Å². The number of hydrogen-bond donors (Lipinski definition) is 2. The van der Waals surface area contributed by atoms with Crippen molar-refractivity contribution in [3.63, 3.8) is 0 Å². The number of carbonyl (C=O) groups is 2. The third-order valence-electron chi connectivity index (χ3n) is 3.29. The topological polar surface area (TPSA) is 71.1 Å². The quantitative estimate of drug-likeness (QED) is 0.791. The highest BCUT2D eigenvalue weighted by molar-refractivity contribution is 6.31. The molecule has 0 saturated carbocycles. The molecule has 1 heterocycles. The molecule has 6 heteroatoms. The van der Waals surface area contributed by atoms with Crippen molar-refractivity contribution in [1.82, 2.24) is 10.3 Å². The van der Waals surface area contributed by atoms with Gasteiger partial charge in [-0.25, -0.2) is 0 Å². The molecule has 5 nitrogen and oxygen atoms in total. The van der Waals surface area contributed by atoms with Gasteiger partial charge in [0.2, 0.25) is 11.8 Å². The van der Waals surface area contributed by atoms with Gasteiger partial charge in [-0.1, -0.05) is 23.7 Å². The smallest absolute Gasteiger partial charge is 0.244 e. The highest BCUT2D eigenvalue weighted by Gasteiger charge is 2.07. The highest BCUT2D eigenvalue weighted by atomic mass is 35.5. The first-order chi connectivity index (χ1) is 11.6. The Hall–Kier alpha value is -2.66. The maximum Gasteiger partial charge on any atom is 0.244 e. The van der Waals surface area contributed by atoms with E-state index in [2.05, 4.69) is 15.6 Å². The molecule has 0 aliphatic heterocycles. The summed E-state index contributed by atoms with van der Waals surface area (Å²) in [6.07, 6.45) is 4.83. The van der Waals surface area contributed by atoms with Gasteiger partial charge < -0.3 is 10.6 Å². The van der Waals surface area contributed by atoms with Crippen LogP contribution in [0.1, 0.15) is 17.7 Å². The van der Waals surface area contributed by atoms with Crippen LogP contribution in [0, 0.1) is 6.92 Å². The number of hydrogen-bond acceptors (Lipinski definition) is 3. The van der Waals surface area contributed by atoms with Crippen LogP contribution >= 0.6 is 11.6 Å². The van der Waals surface area contributed by atoms with Crippen molar-refractivity contribution in [2.45, 2.75) is 13.3 Å². The number of benzene rings is 1. The fourth-order valence-corrected chi connectivity index (χ4v) is 2.12. The molecule has 0 unspecified atom stereocenters. The minimum atomic E-state index is -0.271. The normalized spacial score (nSPS) is 10.6. The van der Waals surface area contributed by atoms with Crippen molar-refractivity contribution in [2.75, 3.05) is 11.9 Å². The van der Waals surface area contributed by atoms with E-state index in [1.54, 1.807) is 42.6 Å². The summed E-state index contributed by atoms with van der Waals surface area (Å²) in [6.45, 7) is 2.08. The van der Waals surface area contributed by atoms with E-state index < -0.39 is 0 Å². The van der Waals surface area contributed by atoms with Gasteiger partial charge in [0, 0.05) is 35.9 Å². The van der Waals surface area contributed by atoms with E-state index in [0.717, 1.165) is 5.56 Å². The summed E-state index contributed by atoms with van der Waals surface area (Å²) in [4.78, 5) is 27.7. The monoisotopic (exact) mass is 343 g/mol. The number of carbonyl (C=O) groups excluding carboxylic acids is 2. The molecule has 2 amide bonds. The van der Waals surface area contributed by atoms with E-state index in [0.29, 0.717) is 16.4 Å². The molecule has 0 aliphatic carbocycles. The van der Waals surface area contributed by atoms with Crippen LogP contribution in [0.4, 0.5) is 5.69 Å². The van der Waals surface area contributed by atoms with Gasteiger partial charge in [-0.2, -0.15) is 0 Å². The van der Waals surface area contributed by atoms with Gasteiger partial charge in [0.1, 0.15) is 0 Å². The van der Waals surface area contributed by atoms with E-state index in [1.807, 2.05) is 13.0 Å². The van der Waals surface area contributed by atoms with E-state index in [4.69, 9.17) is 11.6 Å². The number of nitrogens with zero attached hydrogens (tertiary/aromatic N) is 1. The minimum absolute atomic E-state index is 0.176. The molecule has 1 aromatic heterocycles. The van der Waals surface area contributed by atoms with Gasteiger partial charge in [0.15, 0.2) is 0 Å². The van der Waals surface area contributed by atoms with Crippen molar-refractivity contribution in [3.8, 4) is 0 Å². The average molecular weight is 344 g/mol. The van der Waals surface area contributed by atoms with Crippen LogP contribution in [-0.2, 0) is 9.59 Å². The Morgan fingerprint density at radius 2 is 2.04 bits per heavy atom. The van der Waals surface area contributed by atoms with Crippen LogP contribution in [0.15, 0.2) is 48.7 Å². The molecule has 2 aromatic rings.